The fourth-order valence-corrected chi connectivity index (χ4v) is 3.49. The number of benzene rings is 1. The van der Waals surface area contributed by atoms with Gasteiger partial charge in [0.05, 0.1) is 18.3 Å². The zero-order valence-corrected chi connectivity index (χ0v) is 17.2. The van der Waals surface area contributed by atoms with Crippen molar-refractivity contribution in [2.45, 2.75) is 76.6 Å². The third-order valence-corrected chi connectivity index (χ3v) is 5.47. The summed E-state index contributed by atoms with van der Waals surface area (Å²) in [5.41, 5.74) is 0. The molecule has 0 fully saturated rings. The van der Waals surface area contributed by atoms with Crippen LogP contribution in [0.15, 0.2) is 24.3 Å². The van der Waals surface area contributed by atoms with Crippen molar-refractivity contribution >= 4 is 11.8 Å². The Hall–Kier alpha value is -0.820. The Labute approximate surface area is 167 Å². The van der Waals surface area contributed by atoms with Crippen molar-refractivity contribution in [3.05, 3.63) is 30.1 Å². The fourth-order valence-electron chi connectivity index (χ4n) is 2.79. The molecule has 0 saturated carbocycles. The van der Waals surface area contributed by atoms with Gasteiger partial charge >= 0.3 is 0 Å². The second-order valence-corrected chi connectivity index (χ2v) is 8.23. The van der Waals surface area contributed by atoms with Crippen molar-refractivity contribution in [1.29, 1.82) is 0 Å². The van der Waals surface area contributed by atoms with Crippen LogP contribution in [0, 0.1) is 5.82 Å². The normalized spacial score (nSPS) is 14.7. The number of aliphatic hydroxyl groups excluding tert-OH is 3. The molecular weight excluding hydrogens is 367 g/mol. The smallest absolute Gasteiger partial charge is 0.123 e. The molecule has 3 atom stereocenters. The SMILES string of the molecule is CCSC[C@@H](O)[C@H](O)CCCCCCCC[C@H](O)COc1ccc(F)cc1. The predicted octanol–water partition coefficient (Wildman–Crippen LogP) is 4.16. The summed E-state index contributed by atoms with van der Waals surface area (Å²) in [6.07, 6.45) is 5.83. The Bertz CT molecular complexity index is 472. The predicted molar refractivity (Wildman–Crippen MR) is 110 cm³/mol. The molecule has 0 amide bonds. The number of hydrogen-bond acceptors (Lipinski definition) is 5. The Morgan fingerprint density at radius 3 is 2.11 bits per heavy atom. The van der Waals surface area contributed by atoms with Gasteiger partial charge in [-0.2, -0.15) is 11.8 Å². The average Bonchev–Trinajstić information content (AvgIpc) is 2.67. The first-order valence-corrected chi connectivity index (χ1v) is 11.2. The molecule has 1 rings (SSSR count). The molecule has 0 aliphatic heterocycles. The first kappa shape index (κ1) is 24.2. The minimum atomic E-state index is -0.617. The summed E-state index contributed by atoms with van der Waals surface area (Å²) in [7, 11) is 0. The maximum Gasteiger partial charge on any atom is 0.123 e. The van der Waals surface area contributed by atoms with Crippen molar-refractivity contribution in [2.24, 2.45) is 0 Å². The topological polar surface area (TPSA) is 69.9 Å². The van der Waals surface area contributed by atoms with E-state index in [1.807, 2.05) is 6.92 Å². The molecule has 156 valence electrons. The van der Waals surface area contributed by atoms with Crippen molar-refractivity contribution in [2.75, 3.05) is 18.1 Å². The molecule has 0 heterocycles. The second-order valence-electron chi connectivity index (χ2n) is 6.91. The summed E-state index contributed by atoms with van der Waals surface area (Å²) in [5.74, 6) is 1.82. The zero-order valence-electron chi connectivity index (χ0n) is 16.4. The van der Waals surface area contributed by atoms with E-state index in [0.717, 1.165) is 44.3 Å². The van der Waals surface area contributed by atoms with E-state index >= 15 is 0 Å². The Morgan fingerprint density at radius 2 is 1.48 bits per heavy atom. The summed E-state index contributed by atoms with van der Waals surface area (Å²) in [5, 5.41) is 29.6. The highest BCUT2D eigenvalue weighted by Gasteiger charge is 2.15. The van der Waals surface area contributed by atoms with E-state index in [-0.39, 0.29) is 12.4 Å². The summed E-state index contributed by atoms with van der Waals surface area (Å²) in [6.45, 7) is 2.27. The lowest BCUT2D eigenvalue weighted by atomic mass is 10.0. The van der Waals surface area contributed by atoms with E-state index in [4.69, 9.17) is 4.74 Å². The number of aliphatic hydroxyl groups is 3. The lowest BCUT2D eigenvalue weighted by molar-refractivity contribution is 0.0275. The first-order chi connectivity index (χ1) is 13.0. The van der Waals surface area contributed by atoms with Gasteiger partial charge in [0.25, 0.3) is 0 Å². The number of thioether (sulfide) groups is 1. The standard InChI is InChI=1S/C21H35FO4S/c1-2-27-16-21(25)20(24)10-8-6-4-3-5-7-9-18(23)15-26-19-13-11-17(22)12-14-19/h11-14,18,20-21,23-25H,2-10,15-16H2,1H3/t18-,20+,21+/m0/s1. The highest BCUT2D eigenvalue weighted by molar-refractivity contribution is 7.99. The lowest BCUT2D eigenvalue weighted by Crippen LogP contribution is -2.28. The van der Waals surface area contributed by atoms with Crippen LogP contribution in [-0.4, -0.2) is 51.7 Å². The minimum Gasteiger partial charge on any atom is -0.491 e. The molecule has 0 aromatic heterocycles. The van der Waals surface area contributed by atoms with Crippen molar-refractivity contribution in [3.8, 4) is 5.75 Å². The molecule has 0 saturated heterocycles. The molecule has 27 heavy (non-hydrogen) atoms. The van der Waals surface area contributed by atoms with Gasteiger partial charge < -0.3 is 20.1 Å². The molecule has 0 spiro atoms. The molecule has 4 nitrogen and oxygen atoms in total. The summed E-state index contributed by atoms with van der Waals surface area (Å²) < 4.78 is 18.2. The van der Waals surface area contributed by atoms with E-state index in [9.17, 15) is 19.7 Å². The van der Waals surface area contributed by atoms with Crippen LogP contribution in [0.3, 0.4) is 0 Å². The first-order valence-electron chi connectivity index (χ1n) is 10.0. The van der Waals surface area contributed by atoms with Crippen molar-refractivity contribution < 1.29 is 24.4 Å². The highest BCUT2D eigenvalue weighted by Crippen LogP contribution is 2.15. The number of ether oxygens (including phenoxy) is 1. The number of halogens is 1. The molecule has 6 heteroatoms. The number of unbranched alkanes of at least 4 members (excludes halogenated alkanes) is 5. The van der Waals surface area contributed by atoms with Gasteiger partial charge in [-0.3, -0.25) is 0 Å². The van der Waals surface area contributed by atoms with Gasteiger partial charge in [0, 0.05) is 5.75 Å². The van der Waals surface area contributed by atoms with Crippen LogP contribution in [0.2, 0.25) is 0 Å². The van der Waals surface area contributed by atoms with Gasteiger partial charge in [-0.15, -0.1) is 0 Å². The Kier molecular flexibility index (Phi) is 13.6. The van der Waals surface area contributed by atoms with Gasteiger partial charge in [-0.05, 0) is 42.9 Å². The minimum absolute atomic E-state index is 0.224. The Balaban J connectivity index is 1.93. The van der Waals surface area contributed by atoms with Crippen molar-refractivity contribution in [3.63, 3.8) is 0 Å². The molecular formula is C21H35FO4S. The molecule has 0 radical (unpaired) electrons. The Morgan fingerprint density at radius 1 is 0.889 bits per heavy atom. The monoisotopic (exact) mass is 402 g/mol. The second kappa shape index (κ2) is 15.1. The molecule has 1 aromatic rings. The van der Waals surface area contributed by atoms with E-state index < -0.39 is 18.3 Å². The molecule has 0 aliphatic rings. The molecule has 0 bridgehead atoms. The van der Waals surface area contributed by atoms with Crippen LogP contribution in [0.1, 0.15) is 58.3 Å². The van der Waals surface area contributed by atoms with Crippen LogP contribution in [0.5, 0.6) is 5.75 Å². The maximum absolute atomic E-state index is 12.8. The van der Waals surface area contributed by atoms with Crippen LogP contribution in [0.4, 0.5) is 4.39 Å². The van der Waals surface area contributed by atoms with Gasteiger partial charge in [0.15, 0.2) is 0 Å². The third kappa shape index (κ3) is 12.3. The molecule has 1 aromatic carbocycles. The summed E-state index contributed by atoms with van der Waals surface area (Å²) in [6, 6.07) is 5.79. The summed E-state index contributed by atoms with van der Waals surface area (Å²) in [4.78, 5) is 0. The fraction of sp³-hybridized carbons (Fsp3) is 0.714. The highest BCUT2D eigenvalue weighted by atomic mass is 32.2. The third-order valence-electron chi connectivity index (χ3n) is 4.48. The van der Waals surface area contributed by atoms with E-state index in [2.05, 4.69) is 0 Å². The van der Waals surface area contributed by atoms with E-state index in [1.54, 1.807) is 23.9 Å². The molecule has 3 N–H and O–H groups in total. The van der Waals surface area contributed by atoms with E-state index in [1.165, 1.54) is 12.1 Å². The largest absolute Gasteiger partial charge is 0.491 e. The van der Waals surface area contributed by atoms with Crippen LogP contribution < -0.4 is 4.74 Å². The quantitative estimate of drug-likeness (QED) is 0.362. The molecule has 0 aliphatic carbocycles. The maximum atomic E-state index is 12.8. The van der Waals surface area contributed by atoms with Gasteiger partial charge in [-0.25, -0.2) is 4.39 Å². The zero-order chi connectivity index (χ0) is 19.9. The van der Waals surface area contributed by atoms with Crippen LogP contribution in [0.25, 0.3) is 0 Å². The summed E-state index contributed by atoms with van der Waals surface area (Å²) >= 11 is 1.65. The lowest BCUT2D eigenvalue weighted by Gasteiger charge is -2.17. The van der Waals surface area contributed by atoms with Gasteiger partial charge in [0.2, 0.25) is 0 Å². The van der Waals surface area contributed by atoms with Crippen molar-refractivity contribution in [1.82, 2.24) is 0 Å². The number of rotatable bonds is 16. The van der Waals surface area contributed by atoms with E-state index in [0.29, 0.717) is 24.3 Å². The van der Waals surface area contributed by atoms with Crippen LogP contribution >= 0.6 is 11.8 Å². The van der Waals surface area contributed by atoms with Gasteiger partial charge in [0.1, 0.15) is 18.2 Å². The average molecular weight is 403 g/mol. The van der Waals surface area contributed by atoms with Gasteiger partial charge in [-0.1, -0.05) is 45.4 Å². The molecule has 0 unspecified atom stereocenters. The number of hydrogen-bond donors (Lipinski definition) is 3. The van der Waals surface area contributed by atoms with Crippen LogP contribution in [-0.2, 0) is 0 Å².